The Morgan fingerprint density at radius 1 is 1.33 bits per heavy atom. The first-order valence-electron chi connectivity index (χ1n) is 12.5. The average Bonchev–Trinajstić information content (AvgIpc) is 3.22. The molecule has 0 saturated heterocycles. The molecule has 6 nitrogen and oxygen atoms in total. The van der Waals surface area contributed by atoms with Gasteiger partial charge in [0.05, 0.1) is 34.7 Å². The second-order valence-electron chi connectivity index (χ2n) is 10.4. The number of aromatic nitrogens is 1. The topological polar surface area (TPSA) is 96.7 Å². The number of ether oxygens (including phenoxy) is 1. The Morgan fingerprint density at radius 3 is 2.64 bits per heavy atom. The number of halogens is 1. The molecule has 1 aliphatic heterocycles. The van der Waals surface area contributed by atoms with Gasteiger partial charge in [0, 0.05) is 23.8 Å². The summed E-state index contributed by atoms with van der Waals surface area (Å²) in [5.41, 5.74) is 0.136. The number of aryl methyl sites for hydroxylation is 1. The highest BCUT2D eigenvalue weighted by atomic mass is 32.1. The minimum atomic E-state index is -1.37. The lowest BCUT2D eigenvalue weighted by molar-refractivity contribution is -0.154. The number of thiazole rings is 1. The van der Waals surface area contributed by atoms with Crippen molar-refractivity contribution in [1.29, 1.82) is 0 Å². The molecule has 36 heavy (non-hydrogen) atoms. The number of rotatable bonds is 4. The summed E-state index contributed by atoms with van der Waals surface area (Å²) in [4.78, 5) is 30.5. The predicted octanol–water partition coefficient (Wildman–Crippen LogP) is 5.73. The lowest BCUT2D eigenvalue weighted by Gasteiger charge is -2.35. The Morgan fingerprint density at radius 2 is 2.03 bits per heavy atom. The standard InChI is InChI=1S/C28H40FNO5S/c1-7-9-21-26(33)18(3)11-8-10-17(2)12-13-23(22(29)14-20-16-36-19(4)30-20)35-25(32)15-24(31)28(5,6)27(21)34/h7,12,14,16,18,21,23-24,26,31,33H,1,8-11,13,15H2,2-6H3/b17-12-,22-14-/t18-,21+,23-,24+,26-/m0/s1. The number of Topliss-reactive ketones (excluding diaryl/α,β-unsaturated/α-hetero) is 1. The summed E-state index contributed by atoms with van der Waals surface area (Å²) < 4.78 is 20.6. The number of aliphatic hydroxyl groups is 2. The van der Waals surface area contributed by atoms with Gasteiger partial charge in [-0.1, -0.05) is 38.5 Å². The van der Waals surface area contributed by atoms with Gasteiger partial charge in [-0.2, -0.15) is 0 Å². The second-order valence-corrected chi connectivity index (χ2v) is 11.4. The molecule has 0 aliphatic carbocycles. The summed E-state index contributed by atoms with van der Waals surface area (Å²) in [5.74, 6) is -2.68. The number of ketones is 1. The zero-order valence-electron chi connectivity index (χ0n) is 22.0. The number of nitrogens with zero attached hydrogens (tertiary/aromatic N) is 1. The normalized spacial score (nSPS) is 30.8. The van der Waals surface area contributed by atoms with Crippen LogP contribution in [-0.4, -0.2) is 45.3 Å². The van der Waals surface area contributed by atoms with Crippen LogP contribution in [0.5, 0.6) is 0 Å². The van der Waals surface area contributed by atoms with Crippen molar-refractivity contribution in [2.75, 3.05) is 0 Å². The van der Waals surface area contributed by atoms with E-state index in [2.05, 4.69) is 11.6 Å². The van der Waals surface area contributed by atoms with Crippen LogP contribution in [-0.2, 0) is 14.3 Å². The highest BCUT2D eigenvalue weighted by molar-refractivity contribution is 7.09. The minimum Gasteiger partial charge on any atom is -0.455 e. The molecule has 5 atom stereocenters. The van der Waals surface area contributed by atoms with Crippen LogP contribution in [0.4, 0.5) is 4.39 Å². The van der Waals surface area contributed by atoms with E-state index in [4.69, 9.17) is 4.74 Å². The smallest absolute Gasteiger partial charge is 0.309 e. The largest absolute Gasteiger partial charge is 0.455 e. The molecule has 0 bridgehead atoms. The van der Waals surface area contributed by atoms with E-state index in [0.29, 0.717) is 12.1 Å². The van der Waals surface area contributed by atoms with Crippen LogP contribution in [0, 0.1) is 24.2 Å². The maximum absolute atomic E-state index is 15.2. The van der Waals surface area contributed by atoms with Crippen LogP contribution < -0.4 is 0 Å². The zero-order chi connectivity index (χ0) is 27.0. The van der Waals surface area contributed by atoms with Crippen LogP contribution in [0.2, 0.25) is 0 Å². The molecule has 200 valence electrons. The third-order valence-corrected chi connectivity index (χ3v) is 7.79. The van der Waals surface area contributed by atoms with Crippen LogP contribution in [0.3, 0.4) is 0 Å². The number of cyclic esters (lactones) is 1. The predicted molar refractivity (Wildman–Crippen MR) is 141 cm³/mol. The minimum absolute atomic E-state index is 0.140. The Hall–Kier alpha value is -2.16. The molecule has 2 N–H and O–H groups in total. The van der Waals surface area contributed by atoms with Crippen molar-refractivity contribution < 1.29 is 28.9 Å². The van der Waals surface area contributed by atoms with Gasteiger partial charge >= 0.3 is 5.97 Å². The van der Waals surface area contributed by atoms with Crippen molar-refractivity contribution in [2.24, 2.45) is 17.3 Å². The molecule has 0 aromatic carbocycles. The van der Waals surface area contributed by atoms with Gasteiger partial charge in [-0.15, -0.1) is 17.9 Å². The first-order valence-corrected chi connectivity index (χ1v) is 13.4. The lowest BCUT2D eigenvalue weighted by atomic mass is 9.71. The summed E-state index contributed by atoms with van der Waals surface area (Å²) in [5, 5.41) is 24.4. The summed E-state index contributed by atoms with van der Waals surface area (Å²) in [6.07, 6.45) is 3.41. The first kappa shape index (κ1) is 30.1. The van der Waals surface area contributed by atoms with Crippen molar-refractivity contribution >= 4 is 29.2 Å². The van der Waals surface area contributed by atoms with Crippen LogP contribution in [0.1, 0.15) is 76.9 Å². The average molecular weight is 522 g/mol. The van der Waals surface area contributed by atoms with Gasteiger partial charge in [-0.05, 0) is 45.4 Å². The Balaban J connectivity index is 2.37. The molecule has 0 fully saturated rings. The maximum atomic E-state index is 15.2. The fraction of sp³-hybridized carbons (Fsp3) is 0.607. The van der Waals surface area contributed by atoms with Crippen molar-refractivity contribution in [3.63, 3.8) is 0 Å². The fourth-order valence-corrected chi connectivity index (χ4v) is 4.99. The van der Waals surface area contributed by atoms with Gasteiger partial charge in [-0.3, -0.25) is 9.59 Å². The molecule has 1 aliphatic rings. The van der Waals surface area contributed by atoms with Crippen LogP contribution in [0.15, 0.2) is 35.5 Å². The molecule has 0 spiro atoms. The third kappa shape index (κ3) is 8.18. The third-order valence-electron chi connectivity index (χ3n) is 7.00. The molecule has 8 heteroatoms. The number of hydrogen-bond acceptors (Lipinski definition) is 7. The van der Waals surface area contributed by atoms with Gasteiger partial charge in [0.15, 0.2) is 6.10 Å². The van der Waals surface area contributed by atoms with E-state index >= 15 is 4.39 Å². The van der Waals surface area contributed by atoms with Gasteiger partial charge in [0.1, 0.15) is 11.6 Å². The molecule has 2 rings (SSSR count). The number of carbonyl (C=O) groups excluding carboxylic acids is 2. The number of carbonyl (C=O) groups is 2. The molecule has 1 aromatic rings. The molecule has 1 aromatic heterocycles. The summed E-state index contributed by atoms with van der Waals surface area (Å²) in [6.45, 7) is 12.5. The Labute approximate surface area is 218 Å². The highest BCUT2D eigenvalue weighted by Crippen LogP contribution is 2.34. The van der Waals surface area contributed by atoms with Gasteiger partial charge in [0.2, 0.25) is 0 Å². The summed E-state index contributed by atoms with van der Waals surface area (Å²) >= 11 is 1.39. The van der Waals surface area contributed by atoms with E-state index in [-0.39, 0.29) is 24.5 Å². The van der Waals surface area contributed by atoms with E-state index in [1.807, 2.05) is 26.8 Å². The van der Waals surface area contributed by atoms with Crippen molar-refractivity contribution in [1.82, 2.24) is 4.98 Å². The van der Waals surface area contributed by atoms with Crippen molar-refractivity contribution in [3.8, 4) is 0 Å². The van der Waals surface area contributed by atoms with Gasteiger partial charge in [-0.25, -0.2) is 9.37 Å². The first-order chi connectivity index (χ1) is 16.9. The van der Waals surface area contributed by atoms with Gasteiger partial charge in [0.25, 0.3) is 0 Å². The monoisotopic (exact) mass is 521 g/mol. The van der Waals surface area contributed by atoms with E-state index < -0.39 is 47.9 Å². The van der Waals surface area contributed by atoms with Crippen molar-refractivity contribution in [3.05, 3.63) is 46.2 Å². The van der Waals surface area contributed by atoms with E-state index in [9.17, 15) is 19.8 Å². The van der Waals surface area contributed by atoms with Crippen LogP contribution in [0.25, 0.3) is 6.08 Å². The highest BCUT2D eigenvalue weighted by Gasteiger charge is 2.43. The molecular weight excluding hydrogens is 481 g/mol. The Bertz CT molecular complexity index is 982. The second kappa shape index (κ2) is 13.4. The molecular formula is C28H40FNO5S. The van der Waals surface area contributed by atoms with Crippen molar-refractivity contribution in [2.45, 2.75) is 91.5 Å². The quantitative estimate of drug-likeness (QED) is 0.388. The molecule has 0 amide bonds. The fourth-order valence-electron chi connectivity index (χ4n) is 4.42. The number of allylic oxidation sites excluding steroid dienone is 2. The summed E-state index contributed by atoms with van der Waals surface area (Å²) in [7, 11) is 0. The lowest BCUT2D eigenvalue weighted by Crippen LogP contribution is -2.46. The number of hydrogen-bond donors (Lipinski definition) is 2. The molecule has 0 radical (unpaired) electrons. The maximum Gasteiger partial charge on any atom is 0.309 e. The van der Waals surface area contributed by atoms with E-state index in [0.717, 1.165) is 23.4 Å². The van der Waals surface area contributed by atoms with Gasteiger partial charge < -0.3 is 14.9 Å². The zero-order valence-corrected chi connectivity index (χ0v) is 22.8. The number of aliphatic hydroxyl groups excluding tert-OH is 2. The molecule has 2 heterocycles. The molecule has 0 unspecified atom stereocenters. The SMILES string of the molecule is C=CC[C@H]1C(=O)C(C)(C)[C@H](O)CC(=O)O[C@H](/C(F)=C/c2csc(C)n2)C/C=C(/C)CCC[C@H](C)[C@@H]1O. The van der Waals surface area contributed by atoms with E-state index in [1.165, 1.54) is 17.4 Å². The number of esters is 1. The Kier molecular flexibility index (Phi) is 11.2. The van der Waals surface area contributed by atoms with E-state index in [1.54, 1.807) is 25.3 Å². The molecule has 0 saturated carbocycles. The summed E-state index contributed by atoms with van der Waals surface area (Å²) in [6, 6.07) is 0. The van der Waals surface area contributed by atoms with Crippen LogP contribution >= 0.6 is 11.3 Å².